The summed E-state index contributed by atoms with van der Waals surface area (Å²) >= 11 is 0. The first-order chi connectivity index (χ1) is 13.5. The van der Waals surface area contributed by atoms with Crippen LogP contribution in [0.1, 0.15) is 51.7 Å². The molecule has 29 heavy (non-hydrogen) atoms. The topological polar surface area (TPSA) is 97.0 Å². The fraction of sp³-hybridized carbons (Fsp3) is 0.571. The molecule has 2 N–H and O–H groups in total. The van der Waals surface area contributed by atoms with Crippen LogP contribution in [0.2, 0.25) is 0 Å². The average molecular weight is 405 g/mol. The fourth-order valence-corrected chi connectivity index (χ4v) is 2.98. The van der Waals surface area contributed by atoms with Gasteiger partial charge in [0.15, 0.2) is 6.10 Å². The van der Waals surface area contributed by atoms with Gasteiger partial charge in [0.05, 0.1) is 0 Å². The zero-order valence-electron chi connectivity index (χ0n) is 18.0. The average Bonchev–Trinajstić information content (AvgIpc) is 3.11. The van der Waals surface area contributed by atoms with Crippen LogP contribution in [0.25, 0.3) is 0 Å². The highest BCUT2D eigenvalue weighted by atomic mass is 16.6. The normalized spacial score (nSPS) is 17.4. The molecule has 2 atom stereocenters. The molecule has 0 saturated carbocycles. The Balaban J connectivity index is 1.89. The van der Waals surface area contributed by atoms with Gasteiger partial charge in [-0.1, -0.05) is 12.1 Å². The number of amides is 3. The third-order valence-electron chi connectivity index (χ3n) is 4.72. The molecule has 3 amide bonds. The van der Waals surface area contributed by atoms with Crippen LogP contribution in [0.5, 0.6) is 5.75 Å². The summed E-state index contributed by atoms with van der Waals surface area (Å²) in [4.78, 5) is 38.5. The molecule has 8 nitrogen and oxygen atoms in total. The number of carbonyl (C=O) groups excluding carboxylic acids is 3. The molecule has 0 aliphatic carbocycles. The molecule has 2 rings (SSSR count). The zero-order chi connectivity index (χ0) is 21.8. The first-order valence-corrected chi connectivity index (χ1v) is 9.82. The van der Waals surface area contributed by atoms with Crippen LogP contribution in [0.3, 0.4) is 0 Å². The standard InChI is InChI=1S/C21H31N3O5/c1-13-9-7-11-17(14(13)2)28-15(3)18(25)22-23-19(26)16-10-8-12-24(16)20(27)29-21(4,5)6/h7,9,11,15-16H,8,10,12H2,1-6H3,(H,22,25)(H,23,26)/t15?,16-/m0/s1. The van der Waals surface area contributed by atoms with Gasteiger partial charge >= 0.3 is 6.09 Å². The fourth-order valence-electron chi connectivity index (χ4n) is 2.98. The molecule has 0 aromatic heterocycles. The van der Waals surface area contributed by atoms with Gasteiger partial charge in [-0.05, 0) is 71.6 Å². The van der Waals surface area contributed by atoms with Crippen LogP contribution in [0.4, 0.5) is 4.79 Å². The number of nitrogens with one attached hydrogen (secondary N) is 2. The minimum Gasteiger partial charge on any atom is -0.481 e. The Morgan fingerprint density at radius 2 is 1.86 bits per heavy atom. The molecule has 0 spiro atoms. The van der Waals surface area contributed by atoms with Crippen molar-refractivity contribution in [2.45, 2.75) is 72.1 Å². The predicted molar refractivity (Wildman–Crippen MR) is 108 cm³/mol. The number of carbonyl (C=O) groups is 3. The number of ether oxygens (including phenoxy) is 2. The lowest BCUT2D eigenvalue weighted by molar-refractivity contribution is -0.134. The van der Waals surface area contributed by atoms with Crippen molar-refractivity contribution in [3.63, 3.8) is 0 Å². The summed E-state index contributed by atoms with van der Waals surface area (Å²) in [5, 5.41) is 0. The molecular formula is C21H31N3O5. The van der Waals surface area contributed by atoms with E-state index >= 15 is 0 Å². The van der Waals surface area contributed by atoms with E-state index in [2.05, 4.69) is 10.9 Å². The zero-order valence-corrected chi connectivity index (χ0v) is 18.0. The van der Waals surface area contributed by atoms with E-state index in [0.29, 0.717) is 25.1 Å². The van der Waals surface area contributed by atoms with Gasteiger partial charge in [-0.3, -0.25) is 25.3 Å². The number of hydrazine groups is 1. The minimum absolute atomic E-state index is 0.438. The second kappa shape index (κ2) is 9.15. The van der Waals surface area contributed by atoms with E-state index in [-0.39, 0.29) is 0 Å². The minimum atomic E-state index is -0.804. The number of benzene rings is 1. The maximum Gasteiger partial charge on any atom is 0.410 e. The first kappa shape index (κ1) is 22.5. The van der Waals surface area contributed by atoms with Crippen LogP contribution < -0.4 is 15.6 Å². The summed E-state index contributed by atoms with van der Waals surface area (Å²) in [6.07, 6.45) is -0.137. The van der Waals surface area contributed by atoms with Crippen molar-refractivity contribution < 1.29 is 23.9 Å². The Hall–Kier alpha value is -2.77. The molecule has 1 saturated heterocycles. The lowest BCUT2D eigenvalue weighted by atomic mass is 10.1. The summed E-state index contributed by atoms with van der Waals surface area (Å²) < 4.78 is 11.1. The summed E-state index contributed by atoms with van der Waals surface area (Å²) in [7, 11) is 0. The van der Waals surface area contributed by atoms with E-state index in [1.165, 1.54) is 4.90 Å². The van der Waals surface area contributed by atoms with Gasteiger partial charge in [-0.15, -0.1) is 0 Å². The molecule has 1 heterocycles. The Labute approximate surface area is 171 Å². The highest BCUT2D eigenvalue weighted by molar-refractivity contribution is 5.89. The number of likely N-dealkylation sites (tertiary alicyclic amines) is 1. The van der Waals surface area contributed by atoms with E-state index in [9.17, 15) is 14.4 Å². The number of aryl methyl sites for hydroxylation is 1. The number of rotatable bonds is 4. The van der Waals surface area contributed by atoms with Gasteiger partial charge in [-0.2, -0.15) is 0 Å². The van der Waals surface area contributed by atoms with E-state index in [1.807, 2.05) is 26.0 Å². The molecule has 0 bridgehead atoms. The summed E-state index contributed by atoms with van der Waals surface area (Å²) in [6.45, 7) is 11.2. The highest BCUT2D eigenvalue weighted by Crippen LogP contribution is 2.22. The van der Waals surface area contributed by atoms with Gasteiger partial charge in [0, 0.05) is 6.54 Å². The van der Waals surface area contributed by atoms with Crippen molar-refractivity contribution >= 4 is 17.9 Å². The van der Waals surface area contributed by atoms with Crippen LogP contribution in [-0.4, -0.2) is 47.1 Å². The Kier molecular flexibility index (Phi) is 7.11. The first-order valence-electron chi connectivity index (χ1n) is 9.82. The van der Waals surface area contributed by atoms with E-state index in [4.69, 9.17) is 9.47 Å². The van der Waals surface area contributed by atoms with Crippen molar-refractivity contribution in [1.82, 2.24) is 15.8 Å². The summed E-state index contributed by atoms with van der Waals surface area (Å²) in [6, 6.07) is 4.93. The van der Waals surface area contributed by atoms with Crippen molar-refractivity contribution in [3.05, 3.63) is 29.3 Å². The van der Waals surface area contributed by atoms with E-state index in [1.54, 1.807) is 33.8 Å². The van der Waals surface area contributed by atoms with Gasteiger partial charge in [0.1, 0.15) is 17.4 Å². The number of nitrogens with zero attached hydrogens (tertiary/aromatic N) is 1. The molecule has 1 aliphatic rings. The number of hydrogen-bond acceptors (Lipinski definition) is 5. The van der Waals surface area contributed by atoms with E-state index < -0.39 is 35.7 Å². The van der Waals surface area contributed by atoms with Crippen molar-refractivity contribution in [3.8, 4) is 5.75 Å². The Morgan fingerprint density at radius 1 is 1.17 bits per heavy atom. The predicted octanol–water partition coefficient (Wildman–Crippen LogP) is 2.62. The molecule has 0 radical (unpaired) electrons. The molecular weight excluding hydrogens is 374 g/mol. The van der Waals surface area contributed by atoms with Crippen LogP contribution in [0.15, 0.2) is 18.2 Å². The van der Waals surface area contributed by atoms with Crippen molar-refractivity contribution in [1.29, 1.82) is 0 Å². The second-order valence-corrected chi connectivity index (χ2v) is 8.27. The molecule has 1 fully saturated rings. The Bertz CT molecular complexity index is 772. The molecule has 1 aliphatic heterocycles. The lowest BCUT2D eigenvalue weighted by Crippen LogP contribution is -2.54. The summed E-state index contributed by atoms with van der Waals surface area (Å²) in [5.41, 5.74) is 6.15. The molecule has 1 unspecified atom stereocenters. The van der Waals surface area contributed by atoms with Gasteiger partial charge in [-0.25, -0.2) is 4.79 Å². The van der Waals surface area contributed by atoms with Crippen LogP contribution >= 0.6 is 0 Å². The second-order valence-electron chi connectivity index (χ2n) is 8.27. The monoisotopic (exact) mass is 405 g/mol. The lowest BCUT2D eigenvalue weighted by Gasteiger charge is -2.28. The Morgan fingerprint density at radius 3 is 2.52 bits per heavy atom. The maximum absolute atomic E-state index is 12.5. The maximum atomic E-state index is 12.5. The molecule has 8 heteroatoms. The van der Waals surface area contributed by atoms with Crippen molar-refractivity contribution in [2.75, 3.05) is 6.54 Å². The third kappa shape index (κ3) is 6.10. The molecule has 160 valence electrons. The van der Waals surface area contributed by atoms with Crippen LogP contribution in [0, 0.1) is 13.8 Å². The van der Waals surface area contributed by atoms with Gasteiger partial charge in [0.25, 0.3) is 11.8 Å². The van der Waals surface area contributed by atoms with Crippen LogP contribution in [-0.2, 0) is 14.3 Å². The molecule has 1 aromatic rings. The smallest absolute Gasteiger partial charge is 0.410 e. The number of hydrogen-bond donors (Lipinski definition) is 2. The third-order valence-corrected chi connectivity index (χ3v) is 4.72. The largest absolute Gasteiger partial charge is 0.481 e. The van der Waals surface area contributed by atoms with E-state index in [0.717, 1.165) is 11.1 Å². The quantitative estimate of drug-likeness (QED) is 0.751. The molecule has 1 aromatic carbocycles. The highest BCUT2D eigenvalue weighted by Gasteiger charge is 2.36. The summed E-state index contributed by atoms with van der Waals surface area (Å²) in [5.74, 6) is -0.326. The van der Waals surface area contributed by atoms with Gasteiger partial charge < -0.3 is 9.47 Å². The van der Waals surface area contributed by atoms with Crippen molar-refractivity contribution in [2.24, 2.45) is 0 Å². The SMILES string of the molecule is Cc1cccc(OC(C)C(=O)NNC(=O)[C@@H]2CCCN2C(=O)OC(C)(C)C)c1C. The van der Waals surface area contributed by atoms with Gasteiger partial charge in [0.2, 0.25) is 0 Å².